The van der Waals surface area contributed by atoms with Crippen LogP contribution in [0.5, 0.6) is 0 Å². The number of nitrogens with zero attached hydrogens (tertiary/aromatic N) is 3. The SMILES string of the molecule is O=S(=O)(Nc1ccc(-c2cn3ccsc3n2)cc1)c1ccc(S(=O)(=O)N2CCCC2)cc1. The lowest BCUT2D eigenvalue weighted by Crippen LogP contribution is -2.27. The maximum absolute atomic E-state index is 12.8. The minimum Gasteiger partial charge on any atom is -0.297 e. The Morgan fingerprint density at radius 1 is 0.875 bits per heavy atom. The number of sulfonamides is 2. The maximum Gasteiger partial charge on any atom is 0.261 e. The lowest BCUT2D eigenvalue weighted by molar-refractivity contribution is 0.477. The number of imidazole rings is 1. The normalized spacial score (nSPS) is 15.4. The van der Waals surface area contributed by atoms with Crippen molar-refractivity contribution in [1.29, 1.82) is 0 Å². The fraction of sp³-hybridized carbons (Fsp3) is 0.190. The van der Waals surface area contributed by atoms with Crippen molar-refractivity contribution in [2.45, 2.75) is 22.6 Å². The molecule has 0 bridgehead atoms. The molecule has 1 fully saturated rings. The first kappa shape index (κ1) is 21.1. The van der Waals surface area contributed by atoms with Gasteiger partial charge in [0.25, 0.3) is 10.0 Å². The van der Waals surface area contributed by atoms with Gasteiger partial charge in [0.1, 0.15) is 0 Å². The summed E-state index contributed by atoms with van der Waals surface area (Å²) < 4.78 is 56.7. The molecule has 1 aliphatic rings. The van der Waals surface area contributed by atoms with Crippen LogP contribution < -0.4 is 4.72 Å². The molecule has 1 saturated heterocycles. The van der Waals surface area contributed by atoms with Crippen LogP contribution in [0.15, 0.2) is 76.1 Å². The van der Waals surface area contributed by atoms with Gasteiger partial charge in [0.15, 0.2) is 4.96 Å². The Morgan fingerprint density at radius 2 is 1.53 bits per heavy atom. The number of benzene rings is 2. The molecule has 5 rings (SSSR count). The van der Waals surface area contributed by atoms with E-state index in [1.807, 2.05) is 22.2 Å². The Kier molecular flexibility index (Phi) is 5.28. The van der Waals surface area contributed by atoms with Gasteiger partial charge in [-0.25, -0.2) is 21.8 Å². The molecule has 3 heterocycles. The summed E-state index contributed by atoms with van der Waals surface area (Å²) in [6, 6.07) is 12.3. The van der Waals surface area contributed by atoms with Gasteiger partial charge in [-0.1, -0.05) is 12.1 Å². The molecule has 0 spiro atoms. The average Bonchev–Trinajstić information content (AvgIpc) is 3.52. The van der Waals surface area contributed by atoms with Crippen LogP contribution in [0, 0.1) is 0 Å². The van der Waals surface area contributed by atoms with Gasteiger partial charge in [0.05, 0.1) is 15.5 Å². The van der Waals surface area contributed by atoms with Crippen LogP contribution in [0.25, 0.3) is 16.2 Å². The molecule has 0 aliphatic carbocycles. The quantitative estimate of drug-likeness (QED) is 0.447. The summed E-state index contributed by atoms with van der Waals surface area (Å²) in [5.41, 5.74) is 2.09. The number of anilines is 1. The number of hydrogen-bond donors (Lipinski definition) is 1. The zero-order valence-corrected chi connectivity index (χ0v) is 19.3. The molecule has 1 N–H and O–H groups in total. The van der Waals surface area contributed by atoms with E-state index in [0.29, 0.717) is 18.8 Å². The monoisotopic (exact) mass is 488 g/mol. The Balaban J connectivity index is 1.33. The first-order valence-electron chi connectivity index (χ1n) is 9.99. The Hall–Kier alpha value is -2.73. The Morgan fingerprint density at radius 3 is 2.19 bits per heavy atom. The van der Waals surface area contributed by atoms with E-state index in [1.54, 1.807) is 35.6 Å². The second kappa shape index (κ2) is 8.00. The number of nitrogens with one attached hydrogen (secondary N) is 1. The second-order valence-corrected chi connectivity index (χ2v) is 12.0. The van der Waals surface area contributed by atoms with E-state index in [9.17, 15) is 16.8 Å². The van der Waals surface area contributed by atoms with Crippen molar-refractivity contribution in [3.05, 3.63) is 66.3 Å². The minimum atomic E-state index is -3.86. The molecule has 32 heavy (non-hydrogen) atoms. The first-order valence-corrected chi connectivity index (χ1v) is 13.8. The van der Waals surface area contributed by atoms with Gasteiger partial charge >= 0.3 is 0 Å². The predicted octanol–water partition coefficient (Wildman–Crippen LogP) is 3.65. The zero-order chi connectivity index (χ0) is 22.3. The van der Waals surface area contributed by atoms with Crippen molar-refractivity contribution in [1.82, 2.24) is 13.7 Å². The third kappa shape index (κ3) is 3.92. The zero-order valence-electron chi connectivity index (χ0n) is 16.9. The first-order chi connectivity index (χ1) is 15.3. The summed E-state index contributed by atoms with van der Waals surface area (Å²) in [4.78, 5) is 5.53. The van der Waals surface area contributed by atoms with Gasteiger partial charge in [-0.05, 0) is 49.2 Å². The van der Waals surface area contributed by atoms with E-state index in [1.165, 1.54) is 28.6 Å². The second-order valence-electron chi connectivity index (χ2n) is 7.48. The summed E-state index contributed by atoms with van der Waals surface area (Å²) in [6.45, 7) is 0.994. The summed E-state index contributed by atoms with van der Waals surface area (Å²) in [6.07, 6.45) is 5.53. The van der Waals surface area contributed by atoms with Crippen LogP contribution >= 0.6 is 11.3 Å². The number of aromatic nitrogens is 2. The Bertz CT molecular complexity index is 1440. The summed E-state index contributed by atoms with van der Waals surface area (Å²) in [5, 5.41) is 1.96. The molecular formula is C21H20N4O4S3. The van der Waals surface area contributed by atoms with Crippen LogP contribution in [0.2, 0.25) is 0 Å². The molecule has 4 aromatic rings. The van der Waals surface area contributed by atoms with Crippen molar-refractivity contribution in [3.63, 3.8) is 0 Å². The number of thiazole rings is 1. The summed E-state index contributed by atoms with van der Waals surface area (Å²) in [5.74, 6) is 0. The predicted molar refractivity (Wildman–Crippen MR) is 124 cm³/mol. The van der Waals surface area contributed by atoms with E-state index < -0.39 is 20.0 Å². The standard InChI is InChI=1S/C21H20N4O4S3/c26-31(27,18-7-9-19(10-8-18)32(28,29)25-11-1-2-12-25)23-17-5-3-16(4-6-17)20-15-24-13-14-30-21(24)22-20/h3-10,13-15,23H,1-2,11-12H2. The van der Waals surface area contributed by atoms with Gasteiger partial charge in [0, 0.05) is 42.1 Å². The molecule has 2 aromatic carbocycles. The number of hydrogen-bond acceptors (Lipinski definition) is 6. The minimum absolute atomic E-state index is 0.00344. The fourth-order valence-corrected chi connectivity index (χ4v) is 6.93. The molecule has 0 saturated carbocycles. The molecule has 0 atom stereocenters. The van der Waals surface area contributed by atoms with E-state index in [0.717, 1.165) is 29.1 Å². The van der Waals surface area contributed by atoms with Crippen LogP contribution in [0.3, 0.4) is 0 Å². The van der Waals surface area contributed by atoms with Crippen molar-refractivity contribution >= 4 is 42.0 Å². The summed E-state index contributed by atoms with van der Waals surface area (Å²) in [7, 11) is -7.45. The average molecular weight is 489 g/mol. The van der Waals surface area contributed by atoms with Crippen molar-refractivity contribution in [2.24, 2.45) is 0 Å². The van der Waals surface area contributed by atoms with Crippen LogP contribution in [-0.4, -0.2) is 43.6 Å². The third-order valence-electron chi connectivity index (χ3n) is 5.36. The molecule has 11 heteroatoms. The highest BCUT2D eigenvalue weighted by atomic mass is 32.2. The highest BCUT2D eigenvalue weighted by molar-refractivity contribution is 7.92. The van der Waals surface area contributed by atoms with Gasteiger partial charge in [-0.15, -0.1) is 11.3 Å². The van der Waals surface area contributed by atoms with E-state index in [-0.39, 0.29) is 9.79 Å². The molecule has 0 amide bonds. The van der Waals surface area contributed by atoms with Gasteiger partial charge in [-0.2, -0.15) is 4.31 Å². The van der Waals surface area contributed by atoms with Gasteiger partial charge < -0.3 is 0 Å². The molecule has 2 aromatic heterocycles. The third-order valence-corrected chi connectivity index (χ3v) is 9.44. The van der Waals surface area contributed by atoms with Crippen molar-refractivity contribution < 1.29 is 16.8 Å². The van der Waals surface area contributed by atoms with Crippen molar-refractivity contribution in [2.75, 3.05) is 17.8 Å². The molecule has 0 unspecified atom stereocenters. The molecule has 166 valence electrons. The smallest absolute Gasteiger partial charge is 0.261 e. The molecule has 0 radical (unpaired) electrons. The summed E-state index contributed by atoms with van der Waals surface area (Å²) >= 11 is 1.54. The highest BCUT2D eigenvalue weighted by Crippen LogP contribution is 2.25. The number of rotatable bonds is 6. The van der Waals surface area contributed by atoms with Gasteiger partial charge in [0.2, 0.25) is 10.0 Å². The van der Waals surface area contributed by atoms with E-state index in [4.69, 9.17) is 0 Å². The largest absolute Gasteiger partial charge is 0.297 e. The lowest BCUT2D eigenvalue weighted by atomic mass is 10.1. The van der Waals surface area contributed by atoms with Crippen molar-refractivity contribution in [3.8, 4) is 11.3 Å². The topological polar surface area (TPSA) is 101 Å². The van der Waals surface area contributed by atoms with E-state index in [2.05, 4.69) is 9.71 Å². The maximum atomic E-state index is 12.8. The van der Waals surface area contributed by atoms with Crippen LogP contribution in [0.1, 0.15) is 12.8 Å². The van der Waals surface area contributed by atoms with Crippen LogP contribution in [0.4, 0.5) is 5.69 Å². The van der Waals surface area contributed by atoms with Crippen LogP contribution in [-0.2, 0) is 20.0 Å². The lowest BCUT2D eigenvalue weighted by Gasteiger charge is -2.15. The highest BCUT2D eigenvalue weighted by Gasteiger charge is 2.27. The number of fused-ring (bicyclic) bond motifs is 1. The van der Waals surface area contributed by atoms with E-state index >= 15 is 0 Å². The van der Waals surface area contributed by atoms with Gasteiger partial charge in [-0.3, -0.25) is 9.12 Å². The molecular weight excluding hydrogens is 468 g/mol. The molecule has 1 aliphatic heterocycles. The Labute approximate surface area is 190 Å². The fourth-order valence-electron chi connectivity index (χ4n) is 3.66. The molecule has 8 nitrogen and oxygen atoms in total.